The molecule has 2 aliphatic rings. The van der Waals surface area contributed by atoms with Crippen LogP contribution in [0.2, 0.25) is 0 Å². The summed E-state index contributed by atoms with van der Waals surface area (Å²) in [4.78, 5) is 16.7. The molecule has 0 saturated carbocycles. The zero-order chi connectivity index (χ0) is 12.1. The quantitative estimate of drug-likeness (QED) is 0.729. The Morgan fingerprint density at radius 1 is 1.12 bits per heavy atom. The van der Waals surface area contributed by atoms with Gasteiger partial charge in [0, 0.05) is 25.4 Å². The average molecular weight is 238 g/mol. The molecule has 98 valence electrons. The molecule has 17 heavy (non-hydrogen) atoms. The number of Topliss-reactive ketones (excluding diaryl/α,β-unsaturated/α-hetero) is 1. The van der Waals surface area contributed by atoms with E-state index in [1.165, 1.54) is 45.4 Å². The molecule has 2 fully saturated rings. The molecule has 0 aromatic heterocycles. The van der Waals surface area contributed by atoms with Gasteiger partial charge in [-0.15, -0.1) is 0 Å². The lowest BCUT2D eigenvalue weighted by molar-refractivity contribution is -0.126. The summed E-state index contributed by atoms with van der Waals surface area (Å²) in [6.45, 7) is 9.18. The normalized spacial score (nSPS) is 27.8. The van der Waals surface area contributed by atoms with Gasteiger partial charge in [0.25, 0.3) is 0 Å². The predicted octanol–water partition coefficient (Wildman–Crippen LogP) is 1.77. The van der Waals surface area contributed by atoms with Gasteiger partial charge in [0.05, 0.1) is 0 Å². The fraction of sp³-hybridized carbons (Fsp3) is 0.929. The molecular weight excluding hydrogens is 212 g/mol. The number of piperidine rings is 1. The Hall–Kier alpha value is -0.410. The van der Waals surface area contributed by atoms with E-state index in [1.807, 2.05) is 0 Å². The SMILES string of the molecule is CCC1CN(CCCN2CCCC2)CCC1=O. The van der Waals surface area contributed by atoms with Crippen LogP contribution in [0.25, 0.3) is 0 Å². The minimum absolute atomic E-state index is 0.315. The fourth-order valence-corrected chi connectivity index (χ4v) is 3.06. The molecule has 0 bridgehead atoms. The van der Waals surface area contributed by atoms with Crippen molar-refractivity contribution >= 4 is 5.78 Å². The van der Waals surface area contributed by atoms with Crippen molar-refractivity contribution in [3.8, 4) is 0 Å². The van der Waals surface area contributed by atoms with Crippen LogP contribution in [0, 0.1) is 5.92 Å². The van der Waals surface area contributed by atoms with E-state index in [4.69, 9.17) is 0 Å². The molecule has 2 heterocycles. The van der Waals surface area contributed by atoms with Crippen LogP contribution in [0.1, 0.15) is 39.0 Å². The summed E-state index contributed by atoms with van der Waals surface area (Å²) in [5.74, 6) is 0.804. The Balaban J connectivity index is 1.63. The van der Waals surface area contributed by atoms with Gasteiger partial charge in [-0.1, -0.05) is 6.92 Å². The Labute approximate surface area is 105 Å². The summed E-state index contributed by atoms with van der Waals surface area (Å²) < 4.78 is 0. The lowest BCUT2D eigenvalue weighted by Crippen LogP contribution is -2.41. The highest BCUT2D eigenvalue weighted by Gasteiger charge is 2.25. The molecule has 2 saturated heterocycles. The zero-order valence-electron chi connectivity index (χ0n) is 11.2. The lowest BCUT2D eigenvalue weighted by Gasteiger charge is -2.31. The van der Waals surface area contributed by atoms with Gasteiger partial charge in [-0.05, 0) is 51.9 Å². The maximum absolute atomic E-state index is 11.6. The summed E-state index contributed by atoms with van der Waals surface area (Å²) >= 11 is 0. The monoisotopic (exact) mass is 238 g/mol. The summed E-state index contributed by atoms with van der Waals surface area (Å²) in [6.07, 6.45) is 5.83. The second-order valence-electron chi connectivity index (χ2n) is 5.52. The van der Waals surface area contributed by atoms with E-state index < -0.39 is 0 Å². The van der Waals surface area contributed by atoms with Crippen LogP contribution in [0.5, 0.6) is 0 Å². The third kappa shape index (κ3) is 3.78. The third-order valence-corrected chi connectivity index (χ3v) is 4.25. The highest BCUT2D eigenvalue weighted by molar-refractivity contribution is 5.82. The molecular formula is C14H26N2O. The third-order valence-electron chi connectivity index (χ3n) is 4.25. The first-order valence-electron chi connectivity index (χ1n) is 7.27. The number of hydrogen-bond acceptors (Lipinski definition) is 3. The van der Waals surface area contributed by atoms with Gasteiger partial charge in [0.1, 0.15) is 5.78 Å². The van der Waals surface area contributed by atoms with Gasteiger partial charge in [-0.25, -0.2) is 0 Å². The van der Waals surface area contributed by atoms with Crippen molar-refractivity contribution in [2.75, 3.05) is 39.3 Å². The summed E-state index contributed by atoms with van der Waals surface area (Å²) in [5, 5.41) is 0. The van der Waals surface area contributed by atoms with Crippen molar-refractivity contribution in [2.45, 2.75) is 39.0 Å². The minimum atomic E-state index is 0.315. The number of carbonyl (C=O) groups excluding carboxylic acids is 1. The Morgan fingerprint density at radius 2 is 1.82 bits per heavy atom. The standard InChI is InChI=1S/C14H26N2O/c1-2-13-12-16(11-6-14(13)17)10-5-9-15-7-3-4-8-15/h13H,2-12H2,1H3. The average Bonchev–Trinajstić information content (AvgIpc) is 2.84. The maximum Gasteiger partial charge on any atom is 0.138 e. The van der Waals surface area contributed by atoms with Gasteiger partial charge in [-0.3, -0.25) is 4.79 Å². The van der Waals surface area contributed by atoms with E-state index in [2.05, 4.69) is 16.7 Å². The number of nitrogens with zero attached hydrogens (tertiary/aromatic N) is 2. The van der Waals surface area contributed by atoms with Gasteiger partial charge in [-0.2, -0.15) is 0 Å². The Kier molecular flexibility index (Phi) is 4.99. The predicted molar refractivity (Wildman–Crippen MR) is 70.1 cm³/mol. The molecule has 1 unspecified atom stereocenters. The van der Waals surface area contributed by atoms with Gasteiger partial charge in [0.15, 0.2) is 0 Å². The molecule has 0 radical (unpaired) electrons. The summed E-state index contributed by atoms with van der Waals surface area (Å²) in [5.41, 5.74) is 0. The van der Waals surface area contributed by atoms with E-state index >= 15 is 0 Å². The van der Waals surface area contributed by atoms with E-state index in [0.717, 1.165) is 25.9 Å². The van der Waals surface area contributed by atoms with Crippen molar-refractivity contribution < 1.29 is 4.79 Å². The van der Waals surface area contributed by atoms with Crippen LogP contribution in [-0.2, 0) is 4.79 Å². The number of likely N-dealkylation sites (tertiary alicyclic amines) is 2. The molecule has 0 aromatic rings. The summed E-state index contributed by atoms with van der Waals surface area (Å²) in [6, 6.07) is 0. The first-order valence-corrected chi connectivity index (χ1v) is 7.27. The van der Waals surface area contributed by atoms with Crippen LogP contribution in [0.3, 0.4) is 0 Å². The summed E-state index contributed by atoms with van der Waals surface area (Å²) in [7, 11) is 0. The molecule has 0 N–H and O–H groups in total. The number of ketones is 1. The number of hydrogen-bond donors (Lipinski definition) is 0. The molecule has 0 spiro atoms. The lowest BCUT2D eigenvalue weighted by atomic mass is 9.94. The topological polar surface area (TPSA) is 23.6 Å². The second kappa shape index (κ2) is 6.50. The second-order valence-corrected chi connectivity index (χ2v) is 5.52. The number of carbonyl (C=O) groups is 1. The number of rotatable bonds is 5. The van der Waals surface area contributed by atoms with Crippen molar-refractivity contribution in [1.82, 2.24) is 9.80 Å². The maximum atomic E-state index is 11.6. The first-order chi connectivity index (χ1) is 8.29. The van der Waals surface area contributed by atoms with Gasteiger partial charge in [0.2, 0.25) is 0 Å². The van der Waals surface area contributed by atoms with E-state index in [-0.39, 0.29) is 0 Å². The fourth-order valence-electron chi connectivity index (χ4n) is 3.06. The smallest absolute Gasteiger partial charge is 0.138 e. The van der Waals surface area contributed by atoms with Crippen molar-refractivity contribution in [2.24, 2.45) is 5.92 Å². The molecule has 3 nitrogen and oxygen atoms in total. The van der Waals surface area contributed by atoms with Crippen LogP contribution in [0.15, 0.2) is 0 Å². The van der Waals surface area contributed by atoms with Crippen molar-refractivity contribution in [3.63, 3.8) is 0 Å². The molecule has 0 aromatic carbocycles. The van der Waals surface area contributed by atoms with Crippen molar-refractivity contribution in [3.05, 3.63) is 0 Å². The van der Waals surface area contributed by atoms with E-state index in [0.29, 0.717) is 11.7 Å². The molecule has 2 aliphatic heterocycles. The highest BCUT2D eigenvalue weighted by Crippen LogP contribution is 2.16. The van der Waals surface area contributed by atoms with Crippen molar-refractivity contribution in [1.29, 1.82) is 0 Å². The zero-order valence-corrected chi connectivity index (χ0v) is 11.2. The Bertz CT molecular complexity index is 249. The first kappa shape index (κ1) is 13.0. The van der Waals surface area contributed by atoms with Crippen LogP contribution >= 0.6 is 0 Å². The minimum Gasteiger partial charge on any atom is -0.303 e. The molecule has 2 rings (SSSR count). The van der Waals surface area contributed by atoms with Crippen LogP contribution in [0.4, 0.5) is 0 Å². The Morgan fingerprint density at radius 3 is 2.53 bits per heavy atom. The van der Waals surface area contributed by atoms with E-state index in [1.54, 1.807) is 0 Å². The van der Waals surface area contributed by atoms with Gasteiger partial charge >= 0.3 is 0 Å². The molecule has 0 aliphatic carbocycles. The largest absolute Gasteiger partial charge is 0.303 e. The van der Waals surface area contributed by atoms with Crippen LogP contribution in [-0.4, -0.2) is 54.9 Å². The highest BCUT2D eigenvalue weighted by atomic mass is 16.1. The van der Waals surface area contributed by atoms with Gasteiger partial charge < -0.3 is 9.80 Å². The molecule has 0 amide bonds. The van der Waals surface area contributed by atoms with E-state index in [9.17, 15) is 4.79 Å². The van der Waals surface area contributed by atoms with Crippen LogP contribution < -0.4 is 0 Å². The molecule has 1 atom stereocenters. The molecule has 3 heteroatoms.